The number of rotatable bonds is 9. The maximum absolute atomic E-state index is 13.2. The molecule has 2 aliphatic rings. The van der Waals surface area contributed by atoms with Crippen LogP contribution in [0.15, 0.2) is 23.1 Å². The third-order valence-electron chi connectivity index (χ3n) is 6.76. The van der Waals surface area contributed by atoms with E-state index in [-0.39, 0.29) is 22.4 Å². The minimum atomic E-state index is -3.77. The Hall–Kier alpha value is -1.75. The number of nitrogens with one attached hydrogen (secondary N) is 1. The highest BCUT2D eigenvalue weighted by Crippen LogP contribution is 2.31. The van der Waals surface area contributed by atoms with Crippen molar-refractivity contribution in [3.63, 3.8) is 0 Å². The maximum atomic E-state index is 13.2. The summed E-state index contributed by atoms with van der Waals surface area (Å²) in [5.74, 6) is 0.842. The molecule has 0 radical (unpaired) electrons. The summed E-state index contributed by atoms with van der Waals surface area (Å²) in [5.41, 5.74) is 0.167. The molecule has 0 bridgehead atoms. The van der Waals surface area contributed by atoms with Crippen molar-refractivity contribution < 1.29 is 13.3 Å². The molecule has 0 spiro atoms. The largest absolute Gasteiger partial charge is 0.379 e. The van der Waals surface area contributed by atoms with Crippen molar-refractivity contribution in [1.29, 1.82) is 0 Å². The number of hydrogen-bond donors (Lipinski definition) is 1. The number of piperidine rings is 1. The first-order valence-electron chi connectivity index (χ1n) is 12.1. The summed E-state index contributed by atoms with van der Waals surface area (Å²) >= 11 is 0. The Labute approximate surface area is 198 Å². The predicted molar refractivity (Wildman–Crippen MR) is 131 cm³/mol. The molecule has 1 aromatic rings. The minimum Gasteiger partial charge on any atom is -0.379 e. The summed E-state index contributed by atoms with van der Waals surface area (Å²) in [6.07, 6.45) is 0.988. The number of anilines is 1. The molecule has 3 rings (SSSR count). The Morgan fingerprint density at radius 2 is 1.73 bits per heavy atom. The standard InChI is InChI=1S/C23H39N5O4S/c1-5-25-8-10-26(11-9-25)15-20(4)14-24-22-7-6-21(13-23(22)28(29)30)33(31,32)27-16-18(2)12-19(3)17-27/h6-7,13,18-20,24H,5,8-12,14-17H2,1-4H3/t18-,19+,20-/m1/s1. The highest BCUT2D eigenvalue weighted by Gasteiger charge is 2.33. The van der Waals surface area contributed by atoms with E-state index in [1.165, 1.54) is 22.5 Å². The first kappa shape index (κ1) is 25.9. The van der Waals surface area contributed by atoms with E-state index < -0.39 is 14.9 Å². The first-order chi connectivity index (χ1) is 15.6. The van der Waals surface area contributed by atoms with E-state index in [0.29, 0.717) is 31.2 Å². The molecule has 9 nitrogen and oxygen atoms in total. The topological polar surface area (TPSA) is 99.0 Å². The van der Waals surface area contributed by atoms with Crippen LogP contribution in [0.2, 0.25) is 0 Å². The molecule has 0 aromatic heterocycles. The van der Waals surface area contributed by atoms with E-state index in [4.69, 9.17) is 0 Å². The minimum absolute atomic E-state index is 0.0112. The zero-order valence-corrected chi connectivity index (χ0v) is 21.2. The van der Waals surface area contributed by atoms with Crippen molar-refractivity contribution in [3.8, 4) is 0 Å². The van der Waals surface area contributed by atoms with Crippen LogP contribution in [0.1, 0.15) is 34.1 Å². The lowest BCUT2D eigenvalue weighted by atomic mass is 9.94. The fourth-order valence-corrected chi connectivity index (χ4v) is 6.70. The second-order valence-corrected chi connectivity index (χ2v) is 11.9. The van der Waals surface area contributed by atoms with Gasteiger partial charge in [-0.05, 0) is 42.9 Å². The summed E-state index contributed by atoms with van der Waals surface area (Å²) < 4.78 is 27.8. The molecule has 3 atom stereocenters. The zero-order chi connectivity index (χ0) is 24.2. The van der Waals surface area contributed by atoms with Gasteiger partial charge in [0.2, 0.25) is 10.0 Å². The van der Waals surface area contributed by atoms with Crippen molar-refractivity contribution in [1.82, 2.24) is 14.1 Å². The molecule has 2 aliphatic heterocycles. The van der Waals surface area contributed by atoms with Crippen molar-refractivity contribution in [2.45, 2.75) is 39.0 Å². The Kier molecular flexibility index (Phi) is 8.71. The predicted octanol–water partition coefficient (Wildman–Crippen LogP) is 2.95. The molecule has 0 unspecified atom stereocenters. The summed E-state index contributed by atoms with van der Waals surface area (Å²) in [4.78, 5) is 16.1. The van der Waals surface area contributed by atoms with Crippen molar-refractivity contribution in [2.24, 2.45) is 17.8 Å². The SMILES string of the molecule is CCN1CCN(C[C@H](C)CNc2ccc(S(=O)(=O)N3C[C@H](C)C[C@H](C)C3)cc2[N+](=O)[O-])CC1. The van der Waals surface area contributed by atoms with Crippen molar-refractivity contribution >= 4 is 21.4 Å². The van der Waals surface area contributed by atoms with Gasteiger partial charge in [-0.2, -0.15) is 4.31 Å². The molecule has 0 amide bonds. The molecule has 0 saturated carbocycles. The number of likely N-dealkylation sites (N-methyl/N-ethyl adjacent to an activating group) is 1. The lowest BCUT2D eigenvalue weighted by Gasteiger charge is -2.35. The summed E-state index contributed by atoms with van der Waals surface area (Å²) in [6.45, 7) is 16.1. The van der Waals surface area contributed by atoms with Crippen LogP contribution in [-0.4, -0.2) is 86.3 Å². The molecule has 33 heavy (non-hydrogen) atoms. The van der Waals surface area contributed by atoms with Gasteiger partial charge >= 0.3 is 0 Å². The van der Waals surface area contributed by atoms with Gasteiger partial charge in [-0.1, -0.05) is 27.7 Å². The molecule has 1 N–H and O–H groups in total. The number of piperazine rings is 1. The van der Waals surface area contributed by atoms with E-state index in [9.17, 15) is 18.5 Å². The van der Waals surface area contributed by atoms with Gasteiger partial charge in [-0.15, -0.1) is 0 Å². The second kappa shape index (κ2) is 11.1. The molecule has 2 saturated heterocycles. The Bertz CT molecular complexity index is 907. The number of nitrogens with zero attached hydrogens (tertiary/aromatic N) is 4. The zero-order valence-electron chi connectivity index (χ0n) is 20.4. The lowest BCUT2D eigenvalue weighted by Crippen LogP contribution is -2.47. The Balaban J connectivity index is 1.66. The number of nitro groups is 1. The highest BCUT2D eigenvalue weighted by atomic mass is 32.2. The third-order valence-corrected chi connectivity index (χ3v) is 8.59. The van der Waals surface area contributed by atoms with Gasteiger partial charge < -0.3 is 15.1 Å². The molecule has 186 valence electrons. The fraction of sp³-hybridized carbons (Fsp3) is 0.739. The van der Waals surface area contributed by atoms with Crippen LogP contribution < -0.4 is 5.32 Å². The van der Waals surface area contributed by atoms with Gasteiger partial charge in [0.15, 0.2) is 0 Å². The van der Waals surface area contributed by atoms with E-state index in [2.05, 4.69) is 29.0 Å². The van der Waals surface area contributed by atoms with Gasteiger partial charge in [0.25, 0.3) is 5.69 Å². The number of sulfonamides is 1. The van der Waals surface area contributed by atoms with E-state index in [0.717, 1.165) is 45.7 Å². The van der Waals surface area contributed by atoms with Crippen LogP contribution in [-0.2, 0) is 10.0 Å². The number of nitro benzene ring substituents is 1. The second-order valence-electron chi connectivity index (χ2n) is 9.93. The fourth-order valence-electron chi connectivity index (χ4n) is 5.00. The van der Waals surface area contributed by atoms with Crippen LogP contribution in [0.25, 0.3) is 0 Å². The normalized spacial score (nSPS) is 24.5. The van der Waals surface area contributed by atoms with Crippen LogP contribution in [0.5, 0.6) is 0 Å². The third kappa shape index (κ3) is 6.65. The summed E-state index contributed by atoms with van der Waals surface area (Å²) in [5, 5.41) is 14.9. The lowest BCUT2D eigenvalue weighted by molar-refractivity contribution is -0.384. The van der Waals surface area contributed by atoms with E-state index in [1.54, 1.807) is 0 Å². The van der Waals surface area contributed by atoms with Gasteiger partial charge in [0.1, 0.15) is 5.69 Å². The maximum Gasteiger partial charge on any atom is 0.293 e. The van der Waals surface area contributed by atoms with E-state index >= 15 is 0 Å². The van der Waals surface area contributed by atoms with Crippen LogP contribution >= 0.6 is 0 Å². The first-order valence-corrected chi connectivity index (χ1v) is 13.5. The molecule has 1 aromatic carbocycles. The van der Waals surface area contributed by atoms with E-state index in [1.807, 2.05) is 13.8 Å². The van der Waals surface area contributed by atoms with Crippen LogP contribution in [0, 0.1) is 27.9 Å². The summed E-state index contributed by atoms with van der Waals surface area (Å²) in [6, 6.07) is 4.23. The number of hydrogen-bond acceptors (Lipinski definition) is 7. The van der Waals surface area contributed by atoms with Gasteiger partial charge in [0.05, 0.1) is 9.82 Å². The van der Waals surface area contributed by atoms with Gasteiger partial charge in [0, 0.05) is 58.4 Å². The molecular formula is C23H39N5O4S. The smallest absolute Gasteiger partial charge is 0.293 e. The number of benzene rings is 1. The van der Waals surface area contributed by atoms with Gasteiger partial charge in [-0.25, -0.2) is 8.42 Å². The quantitative estimate of drug-likeness (QED) is 0.428. The van der Waals surface area contributed by atoms with Crippen molar-refractivity contribution in [3.05, 3.63) is 28.3 Å². The average Bonchev–Trinajstić information content (AvgIpc) is 2.77. The molecule has 10 heteroatoms. The van der Waals surface area contributed by atoms with Gasteiger partial charge in [-0.3, -0.25) is 10.1 Å². The van der Waals surface area contributed by atoms with Crippen molar-refractivity contribution in [2.75, 3.05) is 64.2 Å². The summed E-state index contributed by atoms with van der Waals surface area (Å²) in [7, 11) is -3.77. The van der Waals surface area contributed by atoms with Crippen LogP contribution in [0.4, 0.5) is 11.4 Å². The average molecular weight is 482 g/mol. The molecular weight excluding hydrogens is 442 g/mol. The Morgan fingerprint density at radius 3 is 2.30 bits per heavy atom. The molecule has 2 fully saturated rings. The highest BCUT2D eigenvalue weighted by molar-refractivity contribution is 7.89. The van der Waals surface area contributed by atoms with Crippen LogP contribution in [0.3, 0.4) is 0 Å². The Morgan fingerprint density at radius 1 is 1.12 bits per heavy atom. The monoisotopic (exact) mass is 481 g/mol. The molecule has 0 aliphatic carbocycles. The molecule has 2 heterocycles.